The molecule has 1 N–H and O–H groups in total. The number of aryl methyl sites for hydroxylation is 2. The summed E-state index contributed by atoms with van der Waals surface area (Å²) in [5.74, 6) is 2.42. The van der Waals surface area contributed by atoms with Crippen molar-refractivity contribution in [3.8, 4) is 0 Å². The van der Waals surface area contributed by atoms with E-state index in [1.807, 2.05) is 6.92 Å². The van der Waals surface area contributed by atoms with E-state index in [9.17, 15) is 9.59 Å². The lowest BCUT2D eigenvalue weighted by molar-refractivity contribution is -0.128. The van der Waals surface area contributed by atoms with Gasteiger partial charge in [-0.2, -0.15) is 0 Å². The van der Waals surface area contributed by atoms with Gasteiger partial charge in [-0.1, -0.05) is 0 Å². The van der Waals surface area contributed by atoms with Crippen molar-refractivity contribution < 1.29 is 14.3 Å². The number of nitrogens with one attached hydrogen (secondary N) is 1. The van der Waals surface area contributed by atoms with Gasteiger partial charge >= 0.3 is 5.97 Å². The van der Waals surface area contributed by atoms with E-state index in [1.165, 1.54) is 43.4 Å². The molecule has 4 bridgehead atoms. The summed E-state index contributed by atoms with van der Waals surface area (Å²) in [5, 5.41) is 3.99. The van der Waals surface area contributed by atoms with Crippen LogP contribution in [0.5, 0.6) is 0 Å². The third-order valence-corrected chi connectivity index (χ3v) is 7.03. The van der Waals surface area contributed by atoms with Gasteiger partial charge in [0.2, 0.25) is 0 Å². The number of carbonyl (C=O) groups excluding carboxylic acids is 2. The number of ether oxygens (including phenoxy) is 1. The first-order valence-corrected chi connectivity index (χ1v) is 9.71. The van der Waals surface area contributed by atoms with Gasteiger partial charge in [0.1, 0.15) is 4.88 Å². The van der Waals surface area contributed by atoms with Gasteiger partial charge in [-0.05, 0) is 69.6 Å². The molecular weight excluding hydrogens is 324 g/mol. The molecular formula is C18H24N2O3S. The largest absolute Gasteiger partial charge is 0.451 e. The molecule has 0 spiro atoms. The summed E-state index contributed by atoms with van der Waals surface area (Å²) in [5.41, 5.74) is 0.670. The third kappa shape index (κ3) is 2.96. The Morgan fingerprint density at radius 1 is 1.12 bits per heavy atom. The first kappa shape index (κ1) is 16.1. The van der Waals surface area contributed by atoms with Crippen LogP contribution in [-0.2, 0) is 9.53 Å². The Bertz CT molecular complexity index is 641. The summed E-state index contributed by atoms with van der Waals surface area (Å²) >= 11 is 1.31. The van der Waals surface area contributed by atoms with Crippen LogP contribution in [0.25, 0.3) is 0 Å². The van der Waals surface area contributed by atoms with Crippen LogP contribution in [0.15, 0.2) is 0 Å². The number of amides is 1. The van der Waals surface area contributed by atoms with Crippen LogP contribution in [0, 0.1) is 37.5 Å². The molecule has 0 aliphatic heterocycles. The Morgan fingerprint density at radius 2 is 1.75 bits per heavy atom. The van der Waals surface area contributed by atoms with Gasteiger partial charge in [0.05, 0.1) is 10.7 Å². The molecule has 1 aromatic rings. The number of hydrogen-bond acceptors (Lipinski definition) is 5. The average molecular weight is 348 g/mol. The fraction of sp³-hybridized carbons (Fsp3) is 0.722. The van der Waals surface area contributed by atoms with Crippen LogP contribution in [-0.4, -0.2) is 29.5 Å². The second-order valence-corrected chi connectivity index (χ2v) is 8.95. The van der Waals surface area contributed by atoms with Gasteiger partial charge < -0.3 is 10.1 Å². The summed E-state index contributed by atoms with van der Waals surface area (Å²) in [4.78, 5) is 29.1. The number of hydrogen-bond donors (Lipinski definition) is 1. The van der Waals surface area contributed by atoms with E-state index in [4.69, 9.17) is 4.74 Å². The smallest absolute Gasteiger partial charge is 0.350 e. The SMILES string of the molecule is Cc1nc(C)c(C(=O)OCC(=O)NC2C3CC4CC(C3)CC2C4)s1. The van der Waals surface area contributed by atoms with Crippen molar-refractivity contribution in [2.75, 3.05) is 6.61 Å². The number of nitrogens with zero attached hydrogens (tertiary/aromatic N) is 1. The van der Waals surface area contributed by atoms with Crippen molar-refractivity contribution in [3.05, 3.63) is 15.6 Å². The van der Waals surface area contributed by atoms with Gasteiger partial charge in [-0.3, -0.25) is 4.79 Å². The zero-order chi connectivity index (χ0) is 16.8. The standard InChI is InChI=1S/C18H24N2O3S/c1-9-17(24-10(2)19-9)18(22)23-8-15(21)20-16-13-4-11-3-12(6-13)7-14(16)5-11/h11-14,16H,3-8H2,1-2H3,(H,20,21). The van der Waals surface area contributed by atoms with E-state index >= 15 is 0 Å². The van der Waals surface area contributed by atoms with Gasteiger partial charge in [-0.15, -0.1) is 11.3 Å². The Kier molecular flexibility index (Phi) is 4.11. The maximum atomic E-state index is 12.3. The summed E-state index contributed by atoms with van der Waals surface area (Å²) in [6, 6.07) is 0.288. The van der Waals surface area contributed by atoms with Gasteiger partial charge in [-0.25, -0.2) is 9.78 Å². The molecule has 5 rings (SSSR count). The molecule has 1 amide bonds. The number of thiazole rings is 1. The number of rotatable bonds is 4. The molecule has 6 heteroatoms. The molecule has 0 saturated heterocycles. The topological polar surface area (TPSA) is 68.3 Å². The quantitative estimate of drug-likeness (QED) is 0.850. The number of carbonyl (C=O) groups is 2. The predicted octanol–water partition coefficient (Wildman–Crippen LogP) is 2.86. The molecule has 1 heterocycles. The minimum atomic E-state index is -0.446. The van der Waals surface area contributed by atoms with Gasteiger partial charge in [0.25, 0.3) is 5.91 Å². The zero-order valence-electron chi connectivity index (χ0n) is 14.2. The maximum Gasteiger partial charge on any atom is 0.350 e. The zero-order valence-corrected chi connectivity index (χ0v) is 15.0. The highest BCUT2D eigenvalue weighted by Crippen LogP contribution is 2.53. The highest BCUT2D eigenvalue weighted by molar-refractivity contribution is 7.13. The Morgan fingerprint density at radius 3 is 2.29 bits per heavy atom. The van der Waals surface area contributed by atoms with Crippen LogP contribution >= 0.6 is 11.3 Å². The molecule has 4 fully saturated rings. The maximum absolute atomic E-state index is 12.3. The molecule has 4 saturated carbocycles. The molecule has 24 heavy (non-hydrogen) atoms. The van der Waals surface area contributed by atoms with Crippen molar-refractivity contribution in [2.24, 2.45) is 23.7 Å². The molecule has 130 valence electrons. The predicted molar refractivity (Wildman–Crippen MR) is 90.8 cm³/mol. The molecule has 1 aromatic heterocycles. The summed E-state index contributed by atoms with van der Waals surface area (Å²) in [6.07, 6.45) is 6.45. The first-order chi connectivity index (χ1) is 11.5. The molecule has 4 aliphatic carbocycles. The van der Waals surface area contributed by atoms with Crippen LogP contribution in [0.1, 0.15) is 52.5 Å². The van der Waals surface area contributed by atoms with E-state index in [2.05, 4.69) is 10.3 Å². The van der Waals surface area contributed by atoms with E-state index in [0.29, 0.717) is 22.4 Å². The molecule has 5 nitrogen and oxygen atoms in total. The Balaban J connectivity index is 1.31. The lowest BCUT2D eigenvalue weighted by Crippen LogP contribution is -2.56. The van der Waals surface area contributed by atoms with E-state index < -0.39 is 5.97 Å². The van der Waals surface area contributed by atoms with Crippen LogP contribution < -0.4 is 5.32 Å². The highest BCUT2D eigenvalue weighted by atomic mass is 32.1. The fourth-order valence-electron chi connectivity index (χ4n) is 5.31. The summed E-state index contributed by atoms with van der Waals surface area (Å²) in [7, 11) is 0. The molecule has 0 atom stereocenters. The second-order valence-electron chi connectivity index (χ2n) is 7.75. The average Bonchev–Trinajstić information content (AvgIpc) is 2.86. The van der Waals surface area contributed by atoms with E-state index in [0.717, 1.165) is 16.8 Å². The van der Waals surface area contributed by atoms with Crippen LogP contribution in [0.4, 0.5) is 0 Å². The lowest BCUT2D eigenvalue weighted by Gasteiger charge is -2.54. The minimum Gasteiger partial charge on any atom is -0.451 e. The second kappa shape index (κ2) is 6.14. The van der Waals surface area contributed by atoms with Crippen molar-refractivity contribution in [2.45, 2.75) is 52.0 Å². The first-order valence-electron chi connectivity index (χ1n) is 8.90. The molecule has 0 radical (unpaired) electrons. The lowest BCUT2D eigenvalue weighted by atomic mass is 9.54. The Labute approximate surface area is 146 Å². The minimum absolute atomic E-state index is 0.167. The monoisotopic (exact) mass is 348 g/mol. The highest BCUT2D eigenvalue weighted by Gasteiger charge is 2.48. The Hall–Kier alpha value is -1.43. The van der Waals surface area contributed by atoms with Crippen molar-refractivity contribution in [1.82, 2.24) is 10.3 Å². The number of esters is 1. The summed E-state index contributed by atoms with van der Waals surface area (Å²) in [6.45, 7) is 3.44. The number of aromatic nitrogens is 1. The van der Waals surface area contributed by atoms with Crippen LogP contribution in [0.3, 0.4) is 0 Å². The molecule has 0 aromatic carbocycles. The molecule has 0 unspecified atom stereocenters. The molecule has 4 aliphatic rings. The van der Waals surface area contributed by atoms with E-state index in [-0.39, 0.29) is 18.6 Å². The third-order valence-electron chi connectivity index (χ3n) is 5.98. The van der Waals surface area contributed by atoms with Crippen molar-refractivity contribution in [1.29, 1.82) is 0 Å². The van der Waals surface area contributed by atoms with E-state index in [1.54, 1.807) is 6.92 Å². The van der Waals surface area contributed by atoms with Gasteiger partial charge in [0.15, 0.2) is 6.61 Å². The van der Waals surface area contributed by atoms with Gasteiger partial charge in [0, 0.05) is 6.04 Å². The normalized spacial score (nSPS) is 33.5. The van der Waals surface area contributed by atoms with Crippen molar-refractivity contribution >= 4 is 23.2 Å². The fourth-order valence-corrected chi connectivity index (χ4v) is 6.12. The van der Waals surface area contributed by atoms with Crippen molar-refractivity contribution in [3.63, 3.8) is 0 Å². The summed E-state index contributed by atoms with van der Waals surface area (Å²) < 4.78 is 5.20. The van der Waals surface area contributed by atoms with Crippen LogP contribution in [0.2, 0.25) is 0 Å².